The van der Waals surface area contributed by atoms with Crippen LogP contribution in [0.1, 0.15) is 18.2 Å². The first-order valence-electron chi connectivity index (χ1n) is 6.11. The third-order valence-corrected chi connectivity index (χ3v) is 4.27. The first kappa shape index (κ1) is 13.7. The summed E-state index contributed by atoms with van der Waals surface area (Å²) in [5, 5.41) is 0. The second kappa shape index (κ2) is 5.95. The molecule has 0 bridgehead atoms. The molecule has 19 heavy (non-hydrogen) atoms. The number of hydrogen-bond acceptors (Lipinski definition) is 3. The van der Waals surface area contributed by atoms with E-state index in [0.29, 0.717) is 0 Å². The van der Waals surface area contributed by atoms with Crippen molar-refractivity contribution in [1.29, 1.82) is 0 Å². The highest BCUT2D eigenvalue weighted by Gasteiger charge is 2.13. The van der Waals surface area contributed by atoms with Crippen LogP contribution < -0.4 is 4.72 Å². The van der Waals surface area contributed by atoms with E-state index in [4.69, 9.17) is 0 Å². The Kier molecular flexibility index (Phi) is 4.29. The van der Waals surface area contributed by atoms with E-state index < -0.39 is 10.0 Å². The van der Waals surface area contributed by atoms with Crippen molar-refractivity contribution in [2.45, 2.75) is 24.8 Å². The summed E-state index contributed by atoms with van der Waals surface area (Å²) in [7, 11) is -3.47. The summed E-state index contributed by atoms with van der Waals surface area (Å²) in [4.78, 5) is 4.49. The fourth-order valence-corrected chi connectivity index (χ4v) is 2.81. The van der Waals surface area contributed by atoms with Gasteiger partial charge in [0.05, 0.1) is 17.1 Å². The zero-order valence-corrected chi connectivity index (χ0v) is 11.5. The van der Waals surface area contributed by atoms with Gasteiger partial charge in [0.1, 0.15) is 0 Å². The zero-order chi connectivity index (χ0) is 13.7. The lowest BCUT2D eigenvalue weighted by Crippen LogP contribution is -2.24. The number of aromatic nitrogens is 1. The molecule has 0 atom stereocenters. The predicted octanol–water partition coefficient (Wildman–Crippen LogP) is 2.12. The lowest BCUT2D eigenvalue weighted by Gasteiger charge is -2.09. The predicted molar refractivity (Wildman–Crippen MR) is 74.1 cm³/mol. The van der Waals surface area contributed by atoms with E-state index >= 15 is 0 Å². The quantitative estimate of drug-likeness (QED) is 0.910. The van der Waals surface area contributed by atoms with Crippen molar-refractivity contribution < 1.29 is 8.42 Å². The van der Waals surface area contributed by atoms with E-state index in [2.05, 4.69) is 9.71 Å². The summed E-state index contributed by atoms with van der Waals surface area (Å²) in [5.74, 6) is 0. The molecule has 0 saturated heterocycles. The maximum atomic E-state index is 12.1. The second-order valence-corrected chi connectivity index (χ2v) is 5.87. The molecule has 1 aromatic carbocycles. The van der Waals surface area contributed by atoms with Crippen molar-refractivity contribution in [3.05, 3.63) is 59.9 Å². The number of aryl methyl sites for hydroxylation is 1. The molecular weight excluding hydrogens is 260 g/mol. The minimum absolute atomic E-state index is 0.210. The third kappa shape index (κ3) is 3.39. The van der Waals surface area contributed by atoms with Gasteiger partial charge >= 0.3 is 0 Å². The van der Waals surface area contributed by atoms with Gasteiger partial charge in [-0.25, -0.2) is 13.1 Å². The fraction of sp³-hybridized carbons (Fsp3) is 0.214. The highest BCUT2D eigenvalue weighted by Crippen LogP contribution is 2.10. The van der Waals surface area contributed by atoms with Crippen LogP contribution in [0.15, 0.2) is 53.6 Å². The fourth-order valence-electron chi connectivity index (χ4n) is 1.80. The summed E-state index contributed by atoms with van der Waals surface area (Å²) < 4.78 is 26.7. The van der Waals surface area contributed by atoms with Crippen molar-refractivity contribution in [2.75, 3.05) is 0 Å². The monoisotopic (exact) mass is 276 g/mol. The van der Waals surface area contributed by atoms with Gasteiger partial charge < -0.3 is 0 Å². The van der Waals surface area contributed by atoms with Crippen LogP contribution in [0.3, 0.4) is 0 Å². The van der Waals surface area contributed by atoms with Crippen molar-refractivity contribution in [3.8, 4) is 0 Å². The van der Waals surface area contributed by atoms with E-state index in [-0.39, 0.29) is 11.4 Å². The van der Waals surface area contributed by atoms with E-state index in [1.165, 1.54) is 0 Å². The number of nitrogens with one attached hydrogen (secondary N) is 1. The molecule has 4 nitrogen and oxygen atoms in total. The number of benzene rings is 1. The lowest BCUT2D eigenvalue weighted by molar-refractivity contribution is 0.580. The Bertz CT molecular complexity index is 640. The number of hydrogen-bond donors (Lipinski definition) is 1. The van der Waals surface area contributed by atoms with Crippen LogP contribution in [0.25, 0.3) is 0 Å². The molecular formula is C14H16N2O2S. The molecule has 2 aromatic rings. The minimum atomic E-state index is -3.47. The lowest BCUT2D eigenvalue weighted by atomic mass is 10.1. The smallest absolute Gasteiger partial charge is 0.240 e. The standard InChI is InChI=1S/C14H16N2O2S/c1-2-12-7-6-10-15-14(12)11-16-19(17,18)13-8-4-3-5-9-13/h3-10,16H,2,11H2,1H3. The first-order valence-corrected chi connectivity index (χ1v) is 7.59. The van der Waals surface area contributed by atoms with Crippen LogP contribution in [0, 0.1) is 0 Å². The molecule has 1 N–H and O–H groups in total. The van der Waals surface area contributed by atoms with Gasteiger partial charge in [-0.05, 0) is 30.2 Å². The van der Waals surface area contributed by atoms with Crippen molar-refractivity contribution >= 4 is 10.0 Å². The van der Waals surface area contributed by atoms with Crippen LogP contribution in [-0.2, 0) is 23.0 Å². The average molecular weight is 276 g/mol. The molecule has 0 fully saturated rings. The topological polar surface area (TPSA) is 59.1 Å². The Morgan fingerprint density at radius 3 is 2.53 bits per heavy atom. The van der Waals surface area contributed by atoms with Gasteiger partial charge in [0.25, 0.3) is 0 Å². The summed E-state index contributed by atoms with van der Waals surface area (Å²) in [6.07, 6.45) is 2.50. The largest absolute Gasteiger partial charge is 0.260 e. The summed E-state index contributed by atoms with van der Waals surface area (Å²) in [6, 6.07) is 12.1. The number of pyridine rings is 1. The Morgan fingerprint density at radius 1 is 1.11 bits per heavy atom. The second-order valence-electron chi connectivity index (χ2n) is 4.10. The van der Waals surface area contributed by atoms with Crippen LogP contribution in [0.4, 0.5) is 0 Å². The van der Waals surface area contributed by atoms with Gasteiger partial charge in [0, 0.05) is 6.20 Å². The Balaban J connectivity index is 2.15. The highest BCUT2D eigenvalue weighted by atomic mass is 32.2. The Hall–Kier alpha value is -1.72. The first-order chi connectivity index (χ1) is 9.13. The summed E-state index contributed by atoms with van der Waals surface area (Å²) >= 11 is 0. The SMILES string of the molecule is CCc1cccnc1CNS(=O)(=O)c1ccccc1. The maximum Gasteiger partial charge on any atom is 0.240 e. The highest BCUT2D eigenvalue weighted by molar-refractivity contribution is 7.89. The van der Waals surface area contributed by atoms with Crippen molar-refractivity contribution in [3.63, 3.8) is 0 Å². The van der Waals surface area contributed by atoms with Gasteiger partial charge in [-0.15, -0.1) is 0 Å². The van der Waals surface area contributed by atoms with Gasteiger partial charge in [-0.1, -0.05) is 31.2 Å². The molecule has 1 heterocycles. The molecule has 0 aliphatic heterocycles. The van der Waals surface area contributed by atoms with E-state index in [0.717, 1.165) is 17.7 Å². The number of sulfonamides is 1. The molecule has 0 aliphatic rings. The maximum absolute atomic E-state index is 12.1. The Morgan fingerprint density at radius 2 is 1.84 bits per heavy atom. The van der Waals surface area contributed by atoms with Crippen LogP contribution in [0.2, 0.25) is 0 Å². The van der Waals surface area contributed by atoms with Crippen molar-refractivity contribution in [1.82, 2.24) is 9.71 Å². The molecule has 2 rings (SSSR count). The molecule has 0 saturated carbocycles. The zero-order valence-electron chi connectivity index (χ0n) is 10.7. The Labute approximate surface area is 113 Å². The van der Waals surface area contributed by atoms with E-state index in [1.807, 2.05) is 19.1 Å². The molecule has 0 aliphatic carbocycles. The summed E-state index contributed by atoms with van der Waals surface area (Å²) in [6.45, 7) is 2.23. The molecule has 100 valence electrons. The number of nitrogens with zero attached hydrogens (tertiary/aromatic N) is 1. The summed E-state index contributed by atoms with van der Waals surface area (Å²) in [5.41, 5.74) is 1.82. The molecule has 0 unspecified atom stereocenters. The molecule has 0 amide bonds. The minimum Gasteiger partial charge on any atom is -0.260 e. The van der Waals surface area contributed by atoms with Crippen LogP contribution in [0.5, 0.6) is 0 Å². The van der Waals surface area contributed by atoms with Crippen LogP contribution in [-0.4, -0.2) is 13.4 Å². The van der Waals surface area contributed by atoms with E-state index in [1.54, 1.807) is 36.5 Å². The molecule has 1 aromatic heterocycles. The third-order valence-electron chi connectivity index (χ3n) is 2.85. The van der Waals surface area contributed by atoms with Gasteiger partial charge in [0.2, 0.25) is 10.0 Å². The molecule has 0 spiro atoms. The molecule has 0 radical (unpaired) electrons. The number of rotatable bonds is 5. The van der Waals surface area contributed by atoms with Crippen molar-refractivity contribution in [2.24, 2.45) is 0 Å². The average Bonchev–Trinajstić information content (AvgIpc) is 2.46. The van der Waals surface area contributed by atoms with E-state index in [9.17, 15) is 8.42 Å². The van der Waals surface area contributed by atoms with Gasteiger partial charge in [-0.2, -0.15) is 0 Å². The van der Waals surface area contributed by atoms with Gasteiger partial charge in [-0.3, -0.25) is 4.98 Å². The van der Waals surface area contributed by atoms with Gasteiger partial charge in [0.15, 0.2) is 0 Å². The molecule has 5 heteroatoms. The van der Waals surface area contributed by atoms with Crippen LogP contribution >= 0.6 is 0 Å². The normalized spacial score (nSPS) is 11.4.